The van der Waals surface area contributed by atoms with Crippen LogP contribution in [0.4, 0.5) is 0 Å². The molecule has 3 rings (SSSR count). The van der Waals surface area contributed by atoms with Gasteiger partial charge in [-0.25, -0.2) is 9.98 Å². The Morgan fingerprint density at radius 1 is 1.03 bits per heavy atom. The normalized spacial score (nSPS) is 15.4. The van der Waals surface area contributed by atoms with Gasteiger partial charge in [0, 0.05) is 13.1 Å². The van der Waals surface area contributed by atoms with Crippen molar-refractivity contribution in [3.05, 3.63) is 52.7 Å². The predicted octanol–water partition coefficient (Wildman–Crippen LogP) is 4.54. The van der Waals surface area contributed by atoms with Crippen LogP contribution < -0.4 is 10.6 Å². The van der Waals surface area contributed by atoms with Crippen LogP contribution in [0, 0.1) is 13.8 Å². The third-order valence-corrected chi connectivity index (χ3v) is 5.37. The molecule has 1 saturated heterocycles. The lowest BCUT2D eigenvalue weighted by Crippen LogP contribution is -2.36. The molecule has 7 heteroatoms. The van der Waals surface area contributed by atoms with Crippen molar-refractivity contribution in [3.63, 3.8) is 0 Å². The topological polar surface area (TPSA) is 65.7 Å². The fraction of sp³-hybridized carbons (Fsp3) is 0.565. The Balaban J connectivity index is 0.00000320. The van der Waals surface area contributed by atoms with Gasteiger partial charge in [0.1, 0.15) is 5.76 Å². The molecule has 0 saturated carbocycles. The molecule has 2 N–H and O–H groups in total. The minimum absolute atomic E-state index is 0. The molecule has 1 fully saturated rings. The molecule has 0 unspecified atom stereocenters. The van der Waals surface area contributed by atoms with E-state index in [9.17, 15) is 0 Å². The molecule has 0 atom stereocenters. The summed E-state index contributed by atoms with van der Waals surface area (Å²) in [4.78, 5) is 11.7. The van der Waals surface area contributed by atoms with Crippen molar-refractivity contribution in [1.29, 1.82) is 0 Å². The van der Waals surface area contributed by atoms with Gasteiger partial charge in [0.05, 0.1) is 18.8 Å². The van der Waals surface area contributed by atoms with Gasteiger partial charge in [0.2, 0.25) is 5.89 Å². The number of hydrogen-bond acceptors (Lipinski definition) is 4. The Hall–Kier alpha value is -1.61. The maximum Gasteiger partial charge on any atom is 0.214 e. The summed E-state index contributed by atoms with van der Waals surface area (Å²) in [6.45, 7) is 11.4. The maximum atomic E-state index is 5.63. The zero-order chi connectivity index (χ0) is 20.5. The summed E-state index contributed by atoms with van der Waals surface area (Å²) in [7, 11) is 0. The number of aliphatic imine (C=N–C) groups is 1. The number of hydrogen-bond donors (Lipinski definition) is 2. The quantitative estimate of drug-likeness (QED) is 0.316. The van der Waals surface area contributed by atoms with Crippen LogP contribution in [0.2, 0.25) is 0 Å². The Morgan fingerprint density at radius 3 is 2.30 bits per heavy atom. The van der Waals surface area contributed by atoms with Crippen molar-refractivity contribution in [2.24, 2.45) is 4.99 Å². The van der Waals surface area contributed by atoms with E-state index in [2.05, 4.69) is 51.7 Å². The first kappa shape index (κ1) is 24.7. The number of guanidine groups is 1. The summed E-state index contributed by atoms with van der Waals surface area (Å²) in [6, 6.07) is 8.88. The molecule has 1 aromatic carbocycles. The van der Waals surface area contributed by atoms with Gasteiger partial charge in [-0.15, -0.1) is 24.0 Å². The average molecular weight is 525 g/mol. The first-order valence-electron chi connectivity index (χ1n) is 10.9. The highest BCUT2D eigenvalue weighted by molar-refractivity contribution is 14.0. The summed E-state index contributed by atoms with van der Waals surface area (Å²) in [6.07, 6.45) is 5.43. The third-order valence-electron chi connectivity index (χ3n) is 5.37. The number of likely N-dealkylation sites (tertiary alicyclic amines) is 1. The van der Waals surface area contributed by atoms with Crippen LogP contribution >= 0.6 is 24.0 Å². The Morgan fingerprint density at radius 2 is 1.70 bits per heavy atom. The van der Waals surface area contributed by atoms with Crippen LogP contribution in [-0.2, 0) is 19.6 Å². The molecule has 0 spiro atoms. The molecule has 30 heavy (non-hydrogen) atoms. The molecule has 0 amide bonds. The van der Waals surface area contributed by atoms with Crippen LogP contribution in [0.3, 0.4) is 0 Å². The van der Waals surface area contributed by atoms with Gasteiger partial charge in [-0.05, 0) is 57.8 Å². The van der Waals surface area contributed by atoms with Gasteiger partial charge in [-0.2, -0.15) is 0 Å². The molecule has 2 heterocycles. The lowest BCUT2D eigenvalue weighted by Gasteiger charge is -2.19. The van der Waals surface area contributed by atoms with Crippen LogP contribution in [0.1, 0.15) is 61.1 Å². The fourth-order valence-electron chi connectivity index (χ4n) is 3.59. The van der Waals surface area contributed by atoms with E-state index in [0.29, 0.717) is 19.0 Å². The summed E-state index contributed by atoms with van der Waals surface area (Å²) < 4.78 is 5.63. The van der Waals surface area contributed by atoms with Gasteiger partial charge < -0.3 is 15.1 Å². The second kappa shape index (κ2) is 12.9. The van der Waals surface area contributed by atoms with E-state index in [1.807, 2.05) is 13.8 Å². The summed E-state index contributed by atoms with van der Waals surface area (Å²) in [5.41, 5.74) is 3.54. The Labute approximate surface area is 198 Å². The highest BCUT2D eigenvalue weighted by atomic mass is 127. The monoisotopic (exact) mass is 525 g/mol. The van der Waals surface area contributed by atoms with E-state index in [0.717, 1.165) is 30.5 Å². The smallest absolute Gasteiger partial charge is 0.214 e. The van der Waals surface area contributed by atoms with Gasteiger partial charge >= 0.3 is 0 Å². The second-order valence-electron chi connectivity index (χ2n) is 7.80. The summed E-state index contributed by atoms with van der Waals surface area (Å²) in [5, 5.41) is 6.57. The van der Waals surface area contributed by atoms with E-state index in [4.69, 9.17) is 9.41 Å². The number of nitrogens with one attached hydrogen (secondary N) is 2. The van der Waals surface area contributed by atoms with E-state index < -0.39 is 0 Å². The minimum Gasteiger partial charge on any atom is -0.444 e. The standard InChI is InChI=1S/C23H35N5O.HI/c1-4-24-23(26-16-22-27-18(2)19(3)29-22)25-15-20-9-11-21(12-10-20)17-28-13-7-5-6-8-14-28;/h9-12H,4-8,13-17H2,1-3H3,(H2,24,25,26);1H. The van der Waals surface area contributed by atoms with E-state index in [1.54, 1.807) is 0 Å². The average Bonchev–Trinajstić information content (AvgIpc) is 2.89. The van der Waals surface area contributed by atoms with Gasteiger partial charge in [0.15, 0.2) is 5.96 Å². The molecule has 1 aromatic heterocycles. The Bertz CT molecular complexity index is 760. The molecule has 1 aliphatic rings. The van der Waals surface area contributed by atoms with Crippen LogP contribution in [0.15, 0.2) is 33.7 Å². The lowest BCUT2D eigenvalue weighted by atomic mass is 10.1. The van der Waals surface area contributed by atoms with Crippen LogP contribution in [0.25, 0.3) is 0 Å². The van der Waals surface area contributed by atoms with Crippen molar-refractivity contribution in [2.45, 2.75) is 66.1 Å². The van der Waals surface area contributed by atoms with Crippen LogP contribution in [0.5, 0.6) is 0 Å². The molecule has 166 valence electrons. The van der Waals surface area contributed by atoms with Gasteiger partial charge in [-0.3, -0.25) is 4.90 Å². The van der Waals surface area contributed by atoms with Gasteiger partial charge in [-0.1, -0.05) is 37.1 Å². The SMILES string of the molecule is CCNC(=NCc1ccc(CN2CCCCCC2)cc1)NCc1nc(C)c(C)o1.I. The summed E-state index contributed by atoms with van der Waals surface area (Å²) in [5.74, 6) is 2.32. The van der Waals surface area contributed by atoms with Crippen molar-refractivity contribution >= 4 is 29.9 Å². The Kier molecular flexibility index (Phi) is 10.6. The number of rotatable bonds is 7. The van der Waals surface area contributed by atoms with Crippen molar-refractivity contribution in [1.82, 2.24) is 20.5 Å². The zero-order valence-electron chi connectivity index (χ0n) is 18.5. The van der Waals surface area contributed by atoms with Gasteiger partial charge in [0.25, 0.3) is 0 Å². The lowest BCUT2D eigenvalue weighted by molar-refractivity contribution is 0.277. The number of aryl methyl sites for hydroxylation is 2. The van der Waals surface area contributed by atoms with E-state index in [1.165, 1.54) is 49.9 Å². The van der Waals surface area contributed by atoms with E-state index in [-0.39, 0.29) is 24.0 Å². The zero-order valence-corrected chi connectivity index (χ0v) is 20.9. The molecular formula is C23H36IN5O. The highest BCUT2D eigenvalue weighted by Crippen LogP contribution is 2.14. The van der Waals surface area contributed by atoms with Crippen LogP contribution in [-0.4, -0.2) is 35.5 Å². The summed E-state index contributed by atoms with van der Waals surface area (Å²) >= 11 is 0. The van der Waals surface area contributed by atoms with Crippen molar-refractivity contribution < 1.29 is 4.42 Å². The maximum absolute atomic E-state index is 5.63. The third kappa shape index (κ3) is 7.91. The number of halogens is 1. The number of benzene rings is 1. The largest absolute Gasteiger partial charge is 0.444 e. The molecule has 2 aromatic rings. The molecule has 0 radical (unpaired) electrons. The molecule has 0 aliphatic carbocycles. The number of nitrogens with zero attached hydrogens (tertiary/aromatic N) is 3. The van der Waals surface area contributed by atoms with Crippen molar-refractivity contribution in [2.75, 3.05) is 19.6 Å². The molecular weight excluding hydrogens is 489 g/mol. The van der Waals surface area contributed by atoms with E-state index >= 15 is 0 Å². The first-order chi connectivity index (χ1) is 14.1. The molecule has 0 bridgehead atoms. The minimum atomic E-state index is 0. The van der Waals surface area contributed by atoms with Crippen molar-refractivity contribution in [3.8, 4) is 0 Å². The predicted molar refractivity (Wildman–Crippen MR) is 133 cm³/mol. The fourth-order valence-corrected chi connectivity index (χ4v) is 3.59. The first-order valence-corrected chi connectivity index (χ1v) is 10.9. The number of oxazole rings is 1. The molecule has 1 aliphatic heterocycles. The highest BCUT2D eigenvalue weighted by Gasteiger charge is 2.09. The molecule has 6 nitrogen and oxygen atoms in total. The number of aromatic nitrogens is 1. The second-order valence-corrected chi connectivity index (χ2v) is 7.80.